The average Bonchev–Trinajstić information content (AvgIpc) is 3.00. The molecule has 24 heavy (non-hydrogen) atoms. The molecular weight excluding hydrogens is 305 g/mol. The number of hydrogen-bond acceptors (Lipinski definition) is 2. The minimum atomic E-state index is -0.293. The van der Waals surface area contributed by atoms with Crippen molar-refractivity contribution in [3.8, 4) is 5.69 Å². The number of aromatic nitrogens is 2. The van der Waals surface area contributed by atoms with Gasteiger partial charge in [0.05, 0.1) is 17.8 Å². The lowest BCUT2D eigenvalue weighted by molar-refractivity contribution is -0.115. The Morgan fingerprint density at radius 3 is 2.62 bits per heavy atom. The molecule has 0 unspecified atom stereocenters. The van der Waals surface area contributed by atoms with Crippen LogP contribution in [0.4, 0.5) is 10.1 Å². The molecule has 0 bridgehead atoms. The van der Waals surface area contributed by atoms with Crippen LogP contribution in [-0.2, 0) is 11.2 Å². The highest BCUT2D eigenvalue weighted by molar-refractivity contribution is 5.92. The van der Waals surface area contributed by atoms with Gasteiger partial charge in [0, 0.05) is 11.9 Å². The molecular formula is C19H18FN3O. The fourth-order valence-electron chi connectivity index (χ4n) is 2.42. The van der Waals surface area contributed by atoms with E-state index in [4.69, 9.17) is 0 Å². The highest BCUT2D eigenvalue weighted by Crippen LogP contribution is 2.17. The van der Waals surface area contributed by atoms with Crippen LogP contribution < -0.4 is 5.32 Å². The molecule has 122 valence electrons. The van der Waals surface area contributed by atoms with E-state index in [9.17, 15) is 9.18 Å². The lowest BCUT2D eigenvalue weighted by atomic mass is 10.1. The number of benzene rings is 2. The Kier molecular flexibility index (Phi) is 4.42. The van der Waals surface area contributed by atoms with Crippen LogP contribution in [0.2, 0.25) is 0 Å². The smallest absolute Gasteiger partial charge is 0.230 e. The fourth-order valence-corrected chi connectivity index (χ4v) is 2.42. The van der Waals surface area contributed by atoms with Crippen molar-refractivity contribution in [1.82, 2.24) is 9.78 Å². The van der Waals surface area contributed by atoms with E-state index in [1.807, 2.05) is 32.0 Å². The van der Waals surface area contributed by atoms with Crippen molar-refractivity contribution in [3.05, 3.63) is 77.4 Å². The van der Waals surface area contributed by atoms with Crippen LogP contribution in [0.3, 0.4) is 0 Å². The maximum atomic E-state index is 13.0. The zero-order chi connectivity index (χ0) is 17.1. The molecule has 0 aliphatic rings. The lowest BCUT2D eigenvalue weighted by Gasteiger charge is -2.08. The molecule has 4 nitrogen and oxygen atoms in total. The first-order valence-electron chi connectivity index (χ1n) is 7.69. The van der Waals surface area contributed by atoms with Crippen LogP contribution in [0.15, 0.2) is 54.7 Å². The number of aryl methyl sites for hydroxylation is 2. The quantitative estimate of drug-likeness (QED) is 0.793. The number of amides is 1. The molecule has 0 radical (unpaired) electrons. The third-order valence-electron chi connectivity index (χ3n) is 3.74. The SMILES string of the molecule is Cc1ccc(C)c(NC(=O)Cc2ccn(-c3ccc(F)cc3)n2)c1. The summed E-state index contributed by atoms with van der Waals surface area (Å²) in [5.74, 6) is -0.410. The fraction of sp³-hybridized carbons (Fsp3) is 0.158. The Labute approximate surface area is 139 Å². The molecule has 0 saturated carbocycles. The van der Waals surface area contributed by atoms with Crippen molar-refractivity contribution in [2.45, 2.75) is 20.3 Å². The van der Waals surface area contributed by atoms with Crippen molar-refractivity contribution in [3.63, 3.8) is 0 Å². The summed E-state index contributed by atoms with van der Waals surface area (Å²) in [6.45, 7) is 3.94. The zero-order valence-electron chi connectivity index (χ0n) is 13.6. The van der Waals surface area contributed by atoms with Gasteiger partial charge in [-0.2, -0.15) is 5.10 Å². The predicted molar refractivity (Wildman–Crippen MR) is 91.8 cm³/mol. The number of halogens is 1. The van der Waals surface area contributed by atoms with Gasteiger partial charge < -0.3 is 5.32 Å². The summed E-state index contributed by atoms with van der Waals surface area (Å²) >= 11 is 0. The van der Waals surface area contributed by atoms with Gasteiger partial charge >= 0.3 is 0 Å². The molecule has 5 heteroatoms. The van der Waals surface area contributed by atoms with Crippen LogP contribution >= 0.6 is 0 Å². The second-order valence-electron chi connectivity index (χ2n) is 5.77. The van der Waals surface area contributed by atoms with Crippen LogP contribution in [0.1, 0.15) is 16.8 Å². The van der Waals surface area contributed by atoms with Gasteiger partial charge in [-0.05, 0) is 61.4 Å². The van der Waals surface area contributed by atoms with Crippen LogP contribution in [-0.4, -0.2) is 15.7 Å². The molecule has 0 atom stereocenters. The topological polar surface area (TPSA) is 46.9 Å². The van der Waals surface area contributed by atoms with E-state index in [2.05, 4.69) is 10.4 Å². The summed E-state index contributed by atoms with van der Waals surface area (Å²) in [5, 5.41) is 7.28. The number of carbonyl (C=O) groups excluding carboxylic acids is 1. The van der Waals surface area contributed by atoms with Crippen LogP contribution in [0, 0.1) is 19.7 Å². The molecule has 0 aliphatic heterocycles. The Morgan fingerprint density at radius 1 is 1.12 bits per heavy atom. The highest BCUT2D eigenvalue weighted by Gasteiger charge is 2.09. The zero-order valence-corrected chi connectivity index (χ0v) is 13.6. The van der Waals surface area contributed by atoms with Gasteiger partial charge in [-0.15, -0.1) is 0 Å². The first-order valence-corrected chi connectivity index (χ1v) is 7.69. The number of anilines is 1. The third-order valence-corrected chi connectivity index (χ3v) is 3.74. The molecule has 1 heterocycles. The van der Waals surface area contributed by atoms with Crippen molar-refractivity contribution in [2.75, 3.05) is 5.32 Å². The summed E-state index contributed by atoms with van der Waals surface area (Å²) in [6, 6.07) is 13.8. The van der Waals surface area contributed by atoms with Crippen LogP contribution in [0.25, 0.3) is 5.69 Å². The summed E-state index contributed by atoms with van der Waals surface area (Å²) in [5.41, 5.74) is 4.33. The van der Waals surface area contributed by atoms with Crippen molar-refractivity contribution >= 4 is 11.6 Å². The van der Waals surface area contributed by atoms with Gasteiger partial charge in [0.25, 0.3) is 0 Å². The Hall–Kier alpha value is -2.95. The maximum Gasteiger partial charge on any atom is 0.230 e. The van der Waals surface area contributed by atoms with Gasteiger partial charge in [0.2, 0.25) is 5.91 Å². The lowest BCUT2D eigenvalue weighted by Crippen LogP contribution is -2.15. The van der Waals surface area contributed by atoms with Crippen molar-refractivity contribution in [1.29, 1.82) is 0 Å². The normalized spacial score (nSPS) is 10.6. The van der Waals surface area contributed by atoms with Gasteiger partial charge in [-0.1, -0.05) is 12.1 Å². The first kappa shape index (κ1) is 15.9. The van der Waals surface area contributed by atoms with Gasteiger partial charge in [-0.25, -0.2) is 9.07 Å². The standard InChI is InChI=1S/C19H18FN3O/c1-13-3-4-14(2)18(11-13)21-19(24)12-16-9-10-23(22-16)17-7-5-15(20)6-8-17/h3-11H,12H2,1-2H3,(H,21,24). The molecule has 0 aliphatic carbocycles. The first-order chi connectivity index (χ1) is 11.5. The highest BCUT2D eigenvalue weighted by atomic mass is 19.1. The van der Waals surface area contributed by atoms with Crippen molar-refractivity contribution < 1.29 is 9.18 Å². The monoisotopic (exact) mass is 323 g/mol. The number of carbonyl (C=O) groups is 1. The molecule has 3 aromatic rings. The second kappa shape index (κ2) is 6.66. The largest absolute Gasteiger partial charge is 0.325 e. The van der Waals surface area contributed by atoms with Gasteiger partial charge in [-0.3, -0.25) is 4.79 Å². The van der Waals surface area contributed by atoms with E-state index in [-0.39, 0.29) is 18.1 Å². The molecule has 2 aromatic carbocycles. The van der Waals surface area contributed by atoms with Crippen molar-refractivity contribution in [2.24, 2.45) is 0 Å². The van der Waals surface area contributed by atoms with Crippen LogP contribution in [0.5, 0.6) is 0 Å². The average molecular weight is 323 g/mol. The maximum absolute atomic E-state index is 13.0. The van der Waals surface area contributed by atoms with E-state index in [1.165, 1.54) is 12.1 Å². The Morgan fingerprint density at radius 2 is 1.88 bits per heavy atom. The summed E-state index contributed by atoms with van der Waals surface area (Å²) in [7, 11) is 0. The van der Waals surface area contributed by atoms with Gasteiger partial charge in [0.1, 0.15) is 5.82 Å². The van der Waals surface area contributed by atoms with E-state index >= 15 is 0 Å². The molecule has 1 amide bonds. The molecule has 1 N–H and O–H groups in total. The minimum absolute atomic E-state index is 0.118. The summed E-state index contributed by atoms with van der Waals surface area (Å²) in [6.07, 6.45) is 1.94. The molecule has 0 fully saturated rings. The van der Waals surface area contributed by atoms with Gasteiger partial charge in [0.15, 0.2) is 0 Å². The molecule has 1 aromatic heterocycles. The molecule has 3 rings (SSSR count). The second-order valence-corrected chi connectivity index (χ2v) is 5.77. The third kappa shape index (κ3) is 3.68. The number of nitrogens with zero attached hydrogens (tertiary/aromatic N) is 2. The summed E-state index contributed by atoms with van der Waals surface area (Å²) in [4.78, 5) is 12.2. The molecule has 0 spiro atoms. The van der Waals surface area contributed by atoms with E-state index in [0.29, 0.717) is 5.69 Å². The number of hydrogen-bond donors (Lipinski definition) is 1. The predicted octanol–water partition coefficient (Wildman–Crippen LogP) is 3.81. The van der Waals surface area contributed by atoms with E-state index in [0.717, 1.165) is 22.5 Å². The Bertz CT molecular complexity index is 869. The Balaban J connectivity index is 1.69. The number of rotatable bonds is 4. The minimum Gasteiger partial charge on any atom is -0.325 e. The van der Waals surface area contributed by atoms with E-state index in [1.54, 1.807) is 29.1 Å². The molecule has 0 saturated heterocycles. The number of nitrogens with one attached hydrogen (secondary N) is 1. The van der Waals surface area contributed by atoms with E-state index < -0.39 is 0 Å². The summed E-state index contributed by atoms with van der Waals surface area (Å²) < 4.78 is 14.6.